The Bertz CT molecular complexity index is 665. The molecule has 23 heavy (non-hydrogen) atoms. The zero-order valence-corrected chi connectivity index (χ0v) is 14.9. The van der Waals surface area contributed by atoms with Crippen molar-refractivity contribution in [3.63, 3.8) is 0 Å². The molecule has 0 aromatic carbocycles. The van der Waals surface area contributed by atoms with Gasteiger partial charge in [0.15, 0.2) is 0 Å². The number of hydrogen-bond acceptors (Lipinski definition) is 5. The fourth-order valence-corrected chi connectivity index (χ4v) is 6.07. The Morgan fingerprint density at radius 1 is 1.39 bits per heavy atom. The van der Waals surface area contributed by atoms with Crippen LogP contribution in [-0.2, 0) is 10.0 Å². The van der Waals surface area contributed by atoms with Crippen molar-refractivity contribution in [2.45, 2.75) is 49.6 Å². The standard InChI is InChI=1S/C15H23N3O3S2/c1-11-10-12(4-6-16-11)17-15(19)14-13(5-9-22-14)23(20,21)18-7-2-3-8-18/h5,9,11-12,16H,2-4,6-8,10H2,1H3,(H,17,19). The van der Waals surface area contributed by atoms with Gasteiger partial charge in [-0.15, -0.1) is 11.3 Å². The van der Waals surface area contributed by atoms with E-state index in [2.05, 4.69) is 17.6 Å². The van der Waals surface area contributed by atoms with E-state index in [1.165, 1.54) is 15.6 Å². The molecule has 0 bridgehead atoms. The Labute approximate surface area is 141 Å². The van der Waals surface area contributed by atoms with Crippen LogP contribution in [-0.4, -0.2) is 50.3 Å². The van der Waals surface area contributed by atoms with Gasteiger partial charge in [-0.25, -0.2) is 8.42 Å². The van der Waals surface area contributed by atoms with E-state index >= 15 is 0 Å². The molecule has 2 unspecified atom stereocenters. The van der Waals surface area contributed by atoms with Gasteiger partial charge >= 0.3 is 0 Å². The molecule has 6 nitrogen and oxygen atoms in total. The number of piperidine rings is 1. The number of carbonyl (C=O) groups is 1. The molecule has 0 saturated carbocycles. The first kappa shape index (κ1) is 16.9. The summed E-state index contributed by atoms with van der Waals surface area (Å²) >= 11 is 1.20. The highest BCUT2D eigenvalue weighted by atomic mass is 32.2. The van der Waals surface area contributed by atoms with Crippen molar-refractivity contribution < 1.29 is 13.2 Å². The van der Waals surface area contributed by atoms with Crippen molar-refractivity contribution in [2.75, 3.05) is 19.6 Å². The van der Waals surface area contributed by atoms with Crippen LogP contribution in [0.15, 0.2) is 16.3 Å². The van der Waals surface area contributed by atoms with Crippen LogP contribution in [0.3, 0.4) is 0 Å². The molecule has 0 spiro atoms. The van der Waals surface area contributed by atoms with E-state index in [1.807, 2.05) is 0 Å². The summed E-state index contributed by atoms with van der Waals surface area (Å²) in [7, 11) is -3.55. The highest BCUT2D eigenvalue weighted by molar-refractivity contribution is 7.89. The highest BCUT2D eigenvalue weighted by Crippen LogP contribution is 2.27. The fraction of sp³-hybridized carbons (Fsp3) is 0.667. The molecule has 0 aliphatic carbocycles. The molecule has 8 heteroatoms. The molecule has 1 aromatic rings. The van der Waals surface area contributed by atoms with Crippen LogP contribution in [0.1, 0.15) is 42.3 Å². The Hall–Kier alpha value is -0.960. The van der Waals surface area contributed by atoms with Crippen molar-refractivity contribution in [3.8, 4) is 0 Å². The van der Waals surface area contributed by atoms with E-state index in [9.17, 15) is 13.2 Å². The number of thiophene rings is 1. The molecule has 2 saturated heterocycles. The van der Waals surface area contributed by atoms with Crippen molar-refractivity contribution in [2.24, 2.45) is 0 Å². The van der Waals surface area contributed by atoms with Crippen molar-refractivity contribution in [3.05, 3.63) is 16.3 Å². The second-order valence-electron chi connectivity index (χ2n) is 6.28. The molecule has 1 aromatic heterocycles. The summed E-state index contributed by atoms with van der Waals surface area (Å²) in [6.07, 6.45) is 3.51. The summed E-state index contributed by atoms with van der Waals surface area (Å²) in [6.45, 7) is 4.05. The lowest BCUT2D eigenvalue weighted by Crippen LogP contribution is -2.46. The molecule has 2 atom stereocenters. The van der Waals surface area contributed by atoms with Crippen LogP contribution in [0, 0.1) is 0 Å². The number of rotatable bonds is 4. The zero-order chi connectivity index (χ0) is 16.4. The Morgan fingerprint density at radius 3 is 2.83 bits per heavy atom. The van der Waals surface area contributed by atoms with Gasteiger partial charge in [0.2, 0.25) is 10.0 Å². The molecule has 2 aliphatic heterocycles. The van der Waals surface area contributed by atoms with Gasteiger partial charge in [0, 0.05) is 25.2 Å². The summed E-state index contributed by atoms with van der Waals surface area (Å²) in [5.74, 6) is -0.267. The van der Waals surface area contributed by atoms with E-state index in [1.54, 1.807) is 11.4 Å². The van der Waals surface area contributed by atoms with Crippen LogP contribution in [0.2, 0.25) is 0 Å². The van der Waals surface area contributed by atoms with E-state index in [0.717, 1.165) is 32.2 Å². The summed E-state index contributed by atoms with van der Waals surface area (Å²) in [5.41, 5.74) is 0. The molecule has 128 valence electrons. The lowest BCUT2D eigenvalue weighted by molar-refractivity contribution is 0.0926. The quantitative estimate of drug-likeness (QED) is 0.854. The minimum atomic E-state index is -3.55. The number of sulfonamides is 1. The van der Waals surface area contributed by atoms with Crippen LogP contribution in [0.5, 0.6) is 0 Å². The molecule has 2 fully saturated rings. The van der Waals surface area contributed by atoms with E-state index < -0.39 is 10.0 Å². The van der Waals surface area contributed by atoms with Gasteiger partial charge in [-0.05, 0) is 50.6 Å². The van der Waals surface area contributed by atoms with Crippen LogP contribution >= 0.6 is 11.3 Å². The lowest BCUT2D eigenvalue weighted by Gasteiger charge is -2.28. The highest BCUT2D eigenvalue weighted by Gasteiger charge is 2.32. The number of hydrogen-bond donors (Lipinski definition) is 2. The molecule has 2 N–H and O–H groups in total. The molecular weight excluding hydrogens is 334 g/mol. The number of nitrogens with one attached hydrogen (secondary N) is 2. The van der Waals surface area contributed by atoms with Gasteiger partial charge in [-0.1, -0.05) is 0 Å². The van der Waals surface area contributed by atoms with Crippen molar-refractivity contribution in [1.29, 1.82) is 0 Å². The average Bonchev–Trinajstić information content (AvgIpc) is 3.19. The molecule has 3 rings (SSSR count). The van der Waals surface area contributed by atoms with E-state index in [0.29, 0.717) is 24.0 Å². The fourth-order valence-electron chi connectivity index (χ4n) is 3.25. The minimum absolute atomic E-state index is 0.100. The smallest absolute Gasteiger partial charge is 0.262 e. The maximum atomic E-state index is 12.7. The first-order chi connectivity index (χ1) is 11.0. The Morgan fingerprint density at radius 2 is 2.13 bits per heavy atom. The third-order valence-electron chi connectivity index (χ3n) is 4.48. The van der Waals surface area contributed by atoms with Crippen LogP contribution in [0.4, 0.5) is 0 Å². The normalized spacial score (nSPS) is 26.3. The van der Waals surface area contributed by atoms with Gasteiger partial charge in [-0.2, -0.15) is 4.31 Å². The SMILES string of the molecule is CC1CC(NC(=O)c2sccc2S(=O)(=O)N2CCCC2)CCN1. The van der Waals surface area contributed by atoms with Gasteiger partial charge in [0.05, 0.1) is 0 Å². The largest absolute Gasteiger partial charge is 0.348 e. The van der Waals surface area contributed by atoms with Crippen molar-refractivity contribution in [1.82, 2.24) is 14.9 Å². The van der Waals surface area contributed by atoms with Crippen LogP contribution < -0.4 is 10.6 Å². The first-order valence-corrected chi connectivity index (χ1v) is 10.4. The topological polar surface area (TPSA) is 78.5 Å². The molecule has 3 heterocycles. The Kier molecular flexibility index (Phi) is 5.05. The van der Waals surface area contributed by atoms with Gasteiger partial charge in [0.25, 0.3) is 5.91 Å². The predicted molar refractivity (Wildman–Crippen MR) is 90.3 cm³/mol. The second-order valence-corrected chi connectivity index (χ2v) is 9.10. The molecule has 2 aliphatic rings. The van der Waals surface area contributed by atoms with Crippen molar-refractivity contribution >= 4 is 27.3 Å². The van der Waals surface area contributed by atoms with Gasteiger partial charge in [-0.3, -0.25) is 4.79 Å². The minimum Gasteiger partial charge on any atom is -0.348 e. The number of carbonyl (C=O) groups excluding carboxylic acids is 1. The summed E-state index contributed by atoms with van der Waals surface area (Å²) in [4.78, 5) is 13.0. The number of amides is 1. The lowest BCUT2D eigenvalue weighted by atomic mass is 10.0. The third kappa shape index (κ3) is 3.60. The van der Waals surface area contributed by atoms with E-state index in [4.69, 9.17) is 0 Å². The summed E-state index contributed by atoms with van der Waals surface area (Å²) < 4.78 is 26.9. The summed E-state index contributed by atoms with van der Waals surface area (Å²) in [6, 6.07) is 2.02. The van der Waals surface area contributed by atoms with Crippen LogP contribution in [0.25, 0.3) is 0 Å². The number of nitrogens with zero attached hydrogens (tertiary/aromatic N) is 1. The first-order valence-electron chi connectivity index (χ1n) is 8.10. The van der Waals surface area contributed by atoms with E-state index in [-0.39, 0.29) is 16.8 Å². The Balaban J connectivity index is 1.76. The summed E-state index contributed by atoms with van der Waals surface area (Å²) in [5, 5.41) is 8.03. The predicted octanol–water partition coefficient (Wildman–Crippen LogP) is 1.40. The van der Waals surface area contributed by atoms with Gasteiger partial charge < -0.3 is 10.6 Å². The maximum absolute atomic E-state index is 12.7. The molecule has 1 amide bonds. The second kappa shape index (κ2) is 6.88. The maximum Gasteiger partial charge on any atom is 0.262 e. The third-order valence-corrected chi connectivity index (χ3v) is 7.46. The monoisotopic (exact) mass is 357 g/mol. The average molecular weight is 358 g/mol. The molecular formula is C15H23N3O3S2. The zero-order valence-electron chi connectivity index (χ0n) is 13.2. The van der Waals surface area contributed by atoms with Gasteiger partial charge in [0.1, 0.15) is 9.77 Å². The molecule has 0 radical (unpaired) electrons.